The first-order valence-corrected chi connectivity index (χ1v) is 8.69. The van der Waals surface area contributed by atoms with E-state index in [2.05, 4.69) is 9.97 Å². The van der Waals surface area contributed by atoms with Crippen molar-refractivity contribution in [2.45, 2.75) is 0 Å². The van der Waals surface area contributed by atoms with Crippen LogP contribution in [0.3, 0.4) is 0 Å². The van der Waals surface area contributed by atoms with Gasteiger partial charge >= 0.3 is 0 Å². The minimum atomic E-state index is -0.295. The number of hydrogen-bond acceptors (Lipinski definition) is 4. The van der Waals surface area contributed by atoms with Crippen LogP contribution in [0.1, 0.15) is 0 Å². The van der Waals surface area contributed by atoms with Crippen molar-refractivity contribution in [2.24, 2.45) is 0 Å². The SMILES string of the molecule is COc1cccc(OC)c1-c1nc(-c2ccc(F)cc2)c(-c2ccncc2)[nH]1. The molecule has 0 unspecified atom stereocenters. The van der Waals surface area contributed by atoms with E-state index in [0.29, 0.717) is 23.0 Å². The van der Waals surface area contributed by atoms with Crippen molar-refractivity contribution in [1.29, 1.82) is 0 Å². The summed E-state index contributed by atoms with van der Waals surface area (Å²) in [4.78, 5) is 12.3. The van der Waals surface area contributed by atoms with Crippen LogP contribution in [-0.4, -0.2) is 29.2 Å². The maximum atomic E-state index is 13.4. The van der Waals surface area contributed by atoms with E-state index in [9.17, 15) is 4.39 Å². The summed E-state index contributed by atoms with van der Waals surface area (Å²) in [6.07, 6.45) is 3.43. The molecule has 0 aliphatic heterocycles. The summed E-state index contributed by atoms with van der Waals surface area (Å²) in [6, 6.07) is 15.6. The van der Waals surface area contributed by atoms with Crippen LogP contribution in [-0.2, 0) is 0 Å². The van der Waals surface area contributed by atoms with Gasteiger partial charge in [0.25, 0.3) is 0 Å². The molecule has 2 aromatic heterocycles. The standard InChI is InChI=1S/C22H18FN3O2/c1-27-17-4-3-5-18(28-2)19(17)22-25-20(14-6-8-16(23)9-7-14)21(26-22)15-10-12-24-13-11-15/h3-13H,1-2H3,(H,25,26). The van der Waals surface area contributed by atoms with Crippen molar-refractivity contribution < 1.29 is 13.9 Å². The van der Waals surface area contributed by atoms with Gasteiger partial charge in [0.05, 0.1) is 25.6 Å². The number of hydrogen-bond donors (Lipinski definition) is 1. The molecule has 140 valence electrons. The molecule has 5 nitrogen and oxygen atoms in total. The zero-order valence-corrected chi connectivity index (χ0v) is 15.4. The quantitative estimate of drug-likeness (QED) is 0.535. The average molecular weight is 375 g/mol. The summed E-state index contributed by atoms with van der Waals surface area (Å²) >= 11 is 0. The smallest absolute Gasteiger partial charge is 0.146 e. The fourth-order valence-electron chi connectivity index (χ4n) is 3.12. The molecule has 0 spiro atoms. The summed E-state index contributed by atoms with van der Waals surface area (Å²) in [5.74, 6) is 1.58. The van der Waals surface area contributed by atoms with Crippen LogP contribution < -0.4 is 9.47 Å². The van der Waals surface area contributed by atoms with Gasteiger partial charge in [-0.2, -0.15) is 0 Å². The van der Waals surface area contributed by atoms with Gasteiger partial charge in [-0.05, 0) is 48.5 Å². The number of benzene rings is 2. The maximum Gasteiger partial charge on any atom is 0.146 e. The Balaban J connectivity index is 1.96. The summed E-state index contributed by atoms with van der Waals surface area (Å²) in [5.41, 5.74) is 3.94. The first-order valence-electron chi connectivity index (χ1n) is 8.69. The van der Waals surface area contributed by atoms with Crippen LogP contribution in [0.5, 0.6) is 11.5 Å². The number of imidazole rings is 1. The lowest BCUT2D eigenvalue weighted by atomic mass is 10.1. The van der Waals surface area contributed by atoms with Crippen LogP contribution in [0, 0.1) is 5.82 Å². The van der Waals surface area contributed by atoms with Gasteiger partial charge in [-0.15, -0.1) is 0 Å². The maximum absolute atomic E-state index is 13.4. The summed E-state index contributed by atoms with van der Waals surface area (Å²) in [5, 5.41) is 0. The average Bonchev–Trinajstić information content (AvgIpc) is 3.19. The number of pyridine rings is 1. The van der Waals surface area contributed by atoms with E-state index in [0.717, 1.165) is 22.4 Å². The highest BCUT2D eigenvalue weighted by Crippen LogP contribution is 2.40. The second-order valence-electron chi connectivity index (χ2n) is 6.09. The first kappa shape index (κ1) is 17.7. The summed E-state index contributed by atoms with van der Waals surface area (Å²) in [7, 11) is 3.21. The Bertz CT molecular complexity index is 1070. The van der Waals surface area contributed by atoms with E-state index < -0.39 is 0 Å². The predicted octanol–water partition coefficient (Wildman–Crippen LogP) is 4.96. The fourth-order valence-corrected chi connectivity index (χ4v) is 3.12. The van der Waals surface area contributed by atoms with Gasteiger partial charge in [-0.1, -0.05) is 6.07 Å². The van der Waals surface area contributed by atoms with Gasteiger partial charge in [0.15, 0.2) is 0 Å². The van der Waals surface area contributed by atoms with Crippen LogP contribution in [0.15, 0.2) is 67.0 Å². The Labute approximate surface area is 161 Å². The van der Waals surface area contributed by atoms with Crippen molar-refractivity contribution in [1.82, 2.24) is 15.0 Å². The number of nitrogens with zero attached hydrogens (tertiary/aromatic N) is 2. The van der Waals surface area contributed by atoms with Gasteiger partial charge in [-0.3, -0.25) is 4.98 Å². The number of aromatic amines is 1. The Hall–Kier alpha value is -3.67. The van der Waals surface area contributed by atoms with Crippen LogP contribution in [0.2, 0.25) is 0 Å². The Kier molecular flexibility index (Phi) is 4.76. The predicted molar refractivity (Wildman–Crippen MR) is 106 cm³/mol. The lowest BCUT2D eigenvalue weighted by molar-refractivity contribution is 0.397. The minimum absolute atomic E-state index is 0.295. The first-order chi connectivity index (χ1) is 13.7. The molecule has 0 aliphatic carbocycles. The molecule has 0 atom stereocenters. The number of aromatic nitrogens is 3. The third-order valence-corrected chi connectivity index (χ3v) is 4.46. The third-order valence-electron chi connectivity index (χ3n) is 4.46. The molecular formula is C22H18FN3O2. The van der Waals surface area contributed by atoms with E-state index in [1.54, 1.807) is 38.7 Å². The molecule has 4 rings (SSSR count). The van der Waals surface area contributed by atoms with Gasteiger partial charge in [0.1, 0.15) is 28.7 Å². The van der Waals surface area contributed by atoms with E-state index in [1.165, 1.54) is 12.1 Å². The van der Waals surface area contributed by atoms with Gasteiger partial charge < -0.3 is 14.5 Å². The molecule has 0 amide bonds. The number of methoxy groups -OCH3 is 2. The highest BCUT2D eigenvalue weighted by atomic mass is 19.1. The molecule has 4 aromatic rings. The molecule has 2 heterocycles. The molecule has 28 heavy (non-hydrogen) atoms. The molecule has 2 aromatic carbocycles. The molecule has 6 heteroatoms. The van der Waals surface area contributed by atoms with Crippen molar-refractivity contribution in [3.63, 3.8) is 0 Å². The van der Waals surface area contributed by atoms with Gasteiger partial charge in [0.2, 0.25) is 0 Å². The zero-order chi connectivity index (χ0) is 19.5. The second-order valence-corrected chi connectivity index (χ2v) is 6.09. The molecule has 0 saturated heterocycles. The largest absolute Gasteiger partial charge is 0.496 e. The van der Waals surface area contributed by atoms with Crippen molar-refractivity contribution >= 4 is 0 Å². The number of halogens is 1. The number of ether oxygens (including phenoxy) is 2. The number of H-pyrrole nitrogens is 1. The van der Waals surface area contributed by atoms with E-state index >= 15 is 0 Å². The Morgan fingerprint density at radius 3 is 2.07 bits per heavy atom. The minimum Gasteiger partial charge on any atom is -0.496 e. The van der Waals surface area contributed by atoms with E-state index in [1.807, 2.05) is 30.3 Å². The van der Waals surface area contributed by atoms with Crippen molar-refractivity contribution in [3.05, 3.63) is 72.8 Å². The summed E-state index contributed by atoms with van der Waals surface area (Å²) in [6.45, 7) is 0. The summed E-state index contributed by atoms with van der Waals surface area (Å²) < 4.78 is 24.5. The van der Waals surface area contributed by atoms with Crippen molar-refractivity contribution in [3.8, 4) is 45.4 Å². The third kappa shape index (κ3) is 3.20. The second kappa shape index (κ2) is 7.52. The molecular weight excluding hydrogens is 357 g/mol. The van der Waals surface area contributed by atoms with Crippen LogP contribution in [0.25, 0.3) is 33.9 Å². The molecule has 0 bridgehead atoms. The van der Waals surface area contributed by atoms with E-state index in [-0.39, 0.29) is 5.82 Å². The molecule has 0 fully saturated rings. The van der Waals surface area contributed by atoms with Crippen molar-refractivity contribution in [2.75, 3.05) is 14.2 Å². The van der Waals surface area contributed by atoms with Gasteiger partial charge in [0, 0.05) is 23.5 Å². The lowest BCUT2D eigenvalue weighted by Crippen LogP contribution is -1.94. The highest BCUT2D eigenvalue weighted by Gasteiger charge is 2.20. The Morgan fingerprint density at radius 1 is 0.821 bits per heavy atom. The number of nitrogens with one attached hydrogen (secondary N) is 1. The van der Waals surface area contributed by atoms with Crippen LogP contribution >= 0.6 is 0 Å². The number of rotatable bonds is 5. The normalized spacial score (nSPS) is 10.7. The monoisotopic (exact) mass is 375 g/mol. The van der Waals surface area contributed by atoms with Crippen LogP contribution in [0.4, 0.5) is 4.39 Å². The topological polar surface area (TPSA) is 60.0 Å². The molecule has 1 N–H and O–H groups in total. The Morgan fingerprint density at radius 2 is 1.46 bits per heavy atom. The lowest BCUT2D eigenvalue weighted by Gasteiger charge is -2.10. The molecule has 0 saturated carbocycles. The molecule has 0 radical (unpaired) electrons. The van der Waals surface area contributed by atoms with E-state index in [4.69, 9.17) is 14.5 Å². The highest BCUT2D eigenvalue weighted by molar-refractivity contribution is 5.83. The fraction of sp³-hybridized carbons (Fsp3) is 0.0909. The van der Waals surface area contributed by atoms with Gasteiger partial charge in [-0.25, -0.2) is 9.37 Å². The molecule has 0 aliphatic rings. The zero-order valence-electron chi connectivity index (χ0n) is 15.4.